The average Bonchev–Trinajstić information content (AvgIpc) is 2.83. The third kappa shape index (κ3) is 3.73. The third-order valence-electron chi connectivity index (χ3n) is 3.74. The lowest BCUT2D eigenvalue weighted by atomic mass is 9.93. The van der Waals surface area contributed by atoms with Crippen LogP contribution in [0.3, 0.4) is 0 Å². The molecule has 1 aliphatic heterocycles. The number of hydrogen-bond donors (Lipinski definition) is 2. The van der Waals surface area contributed by atoms with E-state index in [9.17, 15) is 24.6 Å². The first-order valence-corrected chi connectivity index (χ1v) is 7.63. The maximum atomic E-state index is 12.6. The van der Waals surface area contributed by atoms with Crippen LogP contribution in [-0.4, -0.2) is 44.7 Å². The Balaban J connectivity index is 2.27. The molecule has 2 amide bonds. The minimum absolute atomic E-state index is 0.163. The second-order valence-corrected chi connectivity index (χ2v) is 6.74. The second-order valence-electron chi connectivity index (χ2n) is 6.74. The lowest BCUT2D eigenvalue weighted by Crippen LogP contribution is -2.46. The van der Waals surface area contributed by atoms with E-state index in [2.05, 4.69) is 0 Å². The Bertz CT molecular complexity index is 636. The highest BCUT2D eigenvalue weighted by Crippen LogP contribution is 2.35. The number of rotatable bonds is 3. The van der Waals surface area contributed by atoms with E-state index in [0.29, 0.717) is 10.5 Å². The molecule has 0 saturated carbocycles. The molecule has 2 N–H and O–H groups in total. The van der Waals surface area contributed by atoms with Crippen LogP contribution in [0.1, 0.15) is 38.9 Å². The van der Waals surface area contributed by atoms with Gasteiger partial charge in [-0.25, -0.2) is 14.5 Å². The summed E-state index contributed by atoms with van der Waals surface area (Å²) < 4.78 is 5.13. The van der Waals surface area contributed by atoms with Gasteiger partial charge in [-0.3, -0.25) is 4.79 Å². The first-order chi connectivity index (χ1) is 11.1. The Morgan fingerprint density at radius 1 is 1.25 bits per heavy atom. The Morgan fingerprint density at radius 3 is 2.33 bits per heavy atom. The highest BCUT2D eigenvalue weighted by molar-refractivity contribution is 6.00. The minimum Gasteiger partial charge on any atom is -0.480 e. The van der Waals surface area contributed by atoms with Crippen LogP contribution >= 0.6 is 0 Å². The van der Waals surface area contributed by atoms with Crippen molar-refractivity contribution in [3.63, 3.8) is 0 Å². The van der Waals surface area contributed by atoms with Crippen molar-refractivity contribution in [3.8, 4) is 0 Å². The fourth-order valence-corrected chi connectivity index (χ4v) is 2.67. The molecule has 24 heavy (non-hydrogen) atoms. The van der Waals surface area contributed by atoms with Gasteiger partial charge in [-0.2, -0.15) is 0 Å². The Hall–Kier alpha value is -2.41. The number of benzene rings is 1. The molecule has 0 radical (unpaired) electrons. The number of aliphatic hydroxyl groups is 1. The van der Waals surface area contributed by atoms with E-state index in [1.807, 2.05) is 0 Å². The van der Waals surface area contributed by atoms with Gasteiger partial charge in [-0.15, -0.1) is 0 Å². The number of carbonyl (C=O) groups excluding carboxylic acids is 2. The van der Waals surface area contributed by atoms with Crippen molar-refractivity contribution in [2.75, 3.05) is 0 Å². The summed E-state index contributed by atoms with van der Waals surface area (Å²) in [5, 5.41) is 19.8. The van der Waals surface area contributed by atoms with Crippen LogP contribution < -0.4 is 0 Å². The summed E-state index contributed by atoms with van der Waals surface area (Å²) in [6, 6.07) is 7.11. The van der Waals surface area contributed by atoms with E-state index in [0.717, 1.165) is 0 Å². The van der Waals surface area contributed by atoms with E-state index >= 15 is 0 Å². The lowest BCUT2D eigenvalue weighted by molar-refractivity contribution is -0.146. The van der Waals surface area contributed by atoms with Crippen LogP contribution in [0.2, 0.25) is 0 Å². The topological polar surface area (TPSA) is 104 Å². The van der Waals surface area contributed by atoms with E-state index in [-0.39, 0.29) is 6.42 Å². The van der Waals surface area contributed by atoms with Crippen molar-refractivity contribution in [2.45, 2.75) is 44.9 Å². The largest absolute Gasteiger partial charge is 0.480 e. The zero-order valence-electron chi connectivity index (χ0n) is 13.8. The van der Waals surface area contributed by atoms with Crippen LogP contribution in [0.25, 0.3) is 0 Å². The Labute approximate surface area is 139 Å². The number of aliphatic hydroxyl groups excluding tert-OH is 1. The Morgan fingerprint density at radius 2 is 1.83 bits per heavy atom. The van der Waals surface area contributed by atoms with Gasteiger partial charge in [0.15, 0.2) is 0 Å². The van der Waals surface area contributed by atoms with Crippen LogP contribution in [0, 0.1) is 5.92 Å². The maximum absolute atomic E-state index is 12.6. The number of amides is 2. The van der Waals surface area contributed by atoms with Gasteiger partial charge in [0.05, 0.1) is 12.0 Å². The molecule has 1 saturated heterocycles. The highest BCUT2D eigenvalue weighted by atomic mass is 16.6. The molecule has 2 unspecified atom stereocenters. The summed E-state index contributed by atoms with van der Waals surface area (Å²) in [6.07, 6.45) is -2.36. The fourth-order valence-electron chi connectivity index (χ4n) is 2.67. The van der Waals surface area contributed by atoms with Gasteiger partial charge in [0, 0.05) is 0 Å². The van der Waals surface area contributed by atoms with Crippen LogP contribution in [0.15, 0.2) is 30.3 Å². The van der Waals surface area contributed by atoms with E-state index in [1.54, 1.807) is 51.1 Å². The number of carbonyl (C=O) groups is 3. The average molecular weight is 335 g/mol. The van der Waals surface area contributed by atoms with Gasteiger partial charge in [-0.05, 0) is 32.8 Å². The molecule has 1 heterocycles. The van der Waals surface area contributed by atoms with Crippen molar-refractivity contribution < 1.29 is 29.3 Å². The Kier molecular flexibility index (Phi) is 4.94. The van der Waals surface area contributed by atoms with E-state index in [4.69, 9.17) is 4.74 Å². The van der Waals surface area contributed by atoms with Gasteiger partial charge in [0.1, 0.15) is 11.6 Å². The molecule has 1 fully saturated rings. The van der Waals surface area contributed by atoms with Crippen LogP contribution in [0.5, 0.6) is 0 Å². The monoisotopic (exact) mass is 335 g/mol. The maximum Gasteiger partial charge on any atom is 0.417 e. The number of hydrogen-bond acceptors (Lipinski definition) is 5. The van der Waals surface area contributed by atoms with Crippen molar-refractivity contribution in [2.24, 2.45) is 5.92 Å². The van der Waals surface area contributed by atoms with Gasteiger partial charge in [-0.1, -0.05) is 30.3 Å². The van der Waals surface area contributed by atoms with Crippen molar-refractivity contribution in [1.29, 1.82) is 0 Å². The van der Waals surface area contributed by atoms with Gasteiger partial charge >= 0.3 is 12.1 Å². The zero-order chi connectivity index (χ0) is 18.1. The van der Waals surface area contributed by atoms with Crippen molar-refractivity contribution in [3.05, 3.63) is 35.9 Å². The predicted molar refractivity (Wildman–Crippen MR) is 84.0 cm³/mol. The number of carboxylic acids is 1. The molecule has 0 aliphatic carbocycles. The summed E-state index contributed by atoms with van der Waals surface area (Å²) in [4.78, 5) is 36.8. The van der Waals surface area contributed by atoms with Gasteiger partial charge in [0.2, 0.25) is 5.91 Å². The second kappa shape index (κ2) is 6.60. The number of ether oxygens (including phenoxy) is 1. The van der Waals surface area contributed by atoms with Gasteiger partial charge in [0.25, 0.3) is 0 Å². The summed E-state index contributed by atoms with van der Waals surface area (Å²) in [7, 11) is 0. The molecule has 3 atom stereocenters. The predicted octanol–water partition coefficient (Wildman–Crippen LogP) is 1.96. The third-order valence-corrected chi connectivity index (χ3v) is 3.74. The summed E-state index contributed by atoms with van der Waals surface area (Å²) in [6.45, 7) is 4.87. The molecule has 7 heteroatoms. The van der Waals surface area contributed by atoms with Crippen molar-refractivity contribution >= 4 is 18.0 Å². The molecule has 0 aromatic heterocycles. The molecule has 130 valence electrons. The molecule has 0 spiro atoms. The number of aliphatic carboxylic acids is 1. The molecule has 1 aromatic rings. The highest BCUT2D eigenvalue weighted by Gasteiger charge is 2.50. The molecule has 7 nitrogen and oxygen atoms in total. The fraction of sp³-hybridized carbons (Fsp3) is 0.471. The SMILES string of the molecule is CC(C)(C)OC(=O)N1C(=O)C([C@H](O)c2ccccc2)CC1C(=O)O. The number of imide groups is 1. The number of nitrogens with zero attached hydrogens (tertiary/aromatic N) is 1. The molecule has 1 aliphatic rings. The minimum atomic E-state index is -1.35. The quantitative estimate of drug-likeness (QED) is 0.875. The standard InChI is InChI=1S/C17H21NO6/c1-17(2,3)24-16(23)18-12(15(21)22)9-11(14(18)20)13(19)10-7-5-4-6-8-10/h4-8,11-13,19H,9H2,1-3H3,(H,21,22)/t11?,12?,13-/m1/s1. The zero-order valence-corrected chi connectivity index (χ0v) is 13.8. The van der Waals surface area contributed by atoms with Crippen LogP contribution in [-0.2, 0) is 14.3 Å². The number of carboxylic acid groups (broad SMARTS) is 1. The van der Waals surface area contributed by atoms with Gasteiger partial charge < -0.3 is 14.9 Å². The van der Waals surface area contributed by atoms with E-state index < -0.39 is 41.6 Å². The summed E-state index contributed by atoms with van der Waals surface area (Å²) in [5.74, 6) is -3.06. The number of likely N-dealkylation sites (tertiary alicyclic amines) is 1. The van der Waals surface area contributed by atoms with Crippen molar-refractivity contribution in [1.82, 2.24) is 4.90 Å². The molecular formula is C17H21NO6. The van der Waals surface area contributed by atoms with Crippen LogP contribution in [0.4, 0.5) is 4.79 Å². The first-order valence-electron chi connectivity index (χ1n) is 7.63. The lowest BCUT2D eigenvalue weighted by Gasteiger charge is -2.25. The normalized spacial score (nSPS) is 22.3. The molecule has 0 bridgehead atoms. The molecular weight excluding hydrogens is 314 g/mol. The molecule has 1 aromatic carbocycles. The van der Waals surface area contributed by atoms with E-state index in [1.165, 1.54) is 0 Å². The molecule has 2 rings (SSSR count). The smallest absolute Gasteiger partial charge is 0.417 e. The summed E-state index contributed by atoms with van der Waals surface area (Å²) >= 11 is 0. The first kappa shape index (κ1) is 17.9. The summed E-state index contributed by atoms with van der Waals surface area (Å²) in [5.41, 5.74) is -0.373.